The zero-order chi connectivity index (χ0) is 16.2. The molecule has 1 unspecified atom stereocenters. The summed E-state index contributed by atoms with van der Waals surface area (Å²) in [6.45, 7) is 3.91. The van der Waals surface area contributed by atoms with Gasteiger partial charge in [0, 0.05) is 26.2 Å². The first-order chi connectivity index (χ1) is 11.1. The molecule has 3 rings (SSSR count). The molecule has 0 spiro atoms. The monoisotopic (exact) mass is 335 g/mol. The number of nitrogens with zero attached hydrogens (tertiary/aromatic N) is 4. The van der Waals surface area contributed by atoms with Gasteiger partial charge < -0.3 is 14.2 Å². The van der Waals surface area contributed by atoms with Crippen LogP contribution in [-0.4, -0.2) is 68.5 Å². The van der Waals surface area contributed by atoms with E-state index >= 15 is 0 Å². The number of aromatic nitrogens is 3. The molecule has 1 aliphatic heterocycles. The first-order valence-electron chi connectivity index (χ1n) is 7.29. The lowest BCUT2D eigenvalue weighted by atomic mass is 10.2. The molecule has 23 heavy (non-hydrogen) atoms. The molecule has 2 amide bonds. The van der Waals surface area contributed by atoms with Crippen LogP contribution in [0.3, 0.4) is 0 Å². The van der Waals surface area contributed by atoms with E-state index in [2.05, 4.69) is 15.4 Å². The minimum absolute atomic E-state index is 0.0445. The van der Waals surface area contributed by atoms with Crippen molar-refractivity contribution in [3.05, 3.63) is 30.4 Å². The predicted molar refractivity (Wildman–Crippen MR) is 82.9 cm³/mol. The molecule has 0 saturated carbocycles. The van der Waals surface area contributed by atoms with Crippen molar-refractivity contribution >= 4 is 23.6 Å². The Labute approximate surface area is 137 Å². The fourth-order valence-corrected chi connectivity index (χ4v) is 3.24. The fourth-order valence-electron chi connectivity index (χ4n) is 2.42. The molecular formula is C14H17N5O3S. The first-order valence-corrected chi connectivity index (χ1v) is 8.17. The van der Waals surface area contributed by atoms with Crippen molar-refractivity contribution in [3.8, 4) is 0 Å². The number of rotatable bonds is 4. The van der Waals surface area contributed by atoms with Crippen molar-refractivity contribution in [1.29, 1.82) is 0 Å². The van der Waals surface area contributed by atoms with Gasteiger partial charge in [-0.25, -0.2) is 0 Å². The van der Waals surface area contributed by atoms with Crippen molar-refractivity contribution < 1.29 is 14.0 Å². The third-order valence-electron chi connectivity index (χ3n) is 3.65. The largest absolute Gasteiger partial charge is 0.459 e. The summed E-state index contributed by atoms with van der Waals surface area (Å²) >= 11 is 1.37. The quantitative estimate of drug-likeness (QED) is 0.833. The molecule has 1 atom stereocenters. The molecule has 1 N–H and O–H groups in total. The van der Waals surface area contributed by atoms with Crippen LogP contribution in [0.2, 0.25) is 0 Å². The number of thioether (sulfide) groups is 1. The highest BCUT2D eigenvalue weighted by atomic mass is 32.2. The number of hydrogen-bond donors (Lipinski definition) is 1. The van der Waals surface area contributed by atoms with E-state index in [4.69, 9.17) is 4.42 Å². The van der Waals surface area contributed by atoms with Gasteiger partial charge in [-0.1, -0.05) is 11.8 Å². The maximum Gasteiger partial charge on any atom is 0.289 e. The molecule has 1 fully saturated rings. The number of furan rings is 1. The zero-order valence-corrected chi connectivity index (χ0v) is 13.5. The molecule has 0 aromatic carbocycles. The van der Waals surface area contributed by atoms with E-state index in [0.717, 1.165) is 0 Å². The SMILES string of the molecule is CC(Sc1cn[nH]n1)C(=O)N1CCN(C(=O)c2ccco2)CC1. The van der Waals surface area contributed by atoms with Gasteiger partial charge in [0.15, 0.2) is 5.76 Å². The third kappa shape index (κ3) is 3.55. The summed E-state index contributed by atoms with van der Waals surface area (Å²) in [6.07, 6.45) is 3.07. The smallest absolute Gasteiger partial charge is 0.289 e. The summed E-state index contributed by atoms with van der Waals surface area (Å²) in [5.74, 6) is 0.245. The van der Waals surface area contributed by atoms with Crippen LogP contribution in [0.4, 0.5) is 0 Å². The average molecular weight is 335 g/mol. The lowest BCUT2D eigenvalue weighted by molar-refractivity contribution is -0.131. The summed E-state index contributed by atoms with van der Waals surface area (Å²) in [4.78, 5) is 28.1. The maximum absolute atomic E-state index is 12.5. The van der Waals surface area contributed by atoms with Crippen LogP contribution in [-0.2, 0) is 4.79 Å². The molecule has 0 radical (unpaired) electrons. The topological polar surface area (TPSA) is 95.3 Å². The van der Waals surface area contributed by atoms with E-state index in [9.17, 15) is 9.59 Å². The van der Waals surface area contributed by atoms with Gasteiger partial charge in [0.2, 0.25) is 5.91 Å². The second kappa shape index (κ2) is 6.86. The van der Waals surface area contributed by atoms with Crippen molar-refractivity contribution in [2.45, 2.75) is 17.2 Å². The number of H-pyrrole nitrogens is 1. The van der Waals surface area contributed by atoms with Crippen LogP contribution < -0.4 is 0 Å². The summed E-state index contributed by atoms with van der Waals surface area (Å²) in [5.41, 5.74) is 0. The standard InChI is InChI=1S/C14H17N5O3S/c1-10(23-12-9-15-17-16-12)13(20)18-4-6-19(7-5-18)14(21)11-3-2-8-22-11/h2-3,8-10H,4-7H2,1H3,(H,15,16,17). The fraction of sp³-hybridized carbons (Fsp3) is 0.429. The van der Waals surface area contributed by atoms with E-state index < -0.39 is 0 Å². The molecule has 9 heteroatoms. The first kappa shape index (κ1) is 15.6. The number of carbonyl (C=O) groups is 2. The molecule has 0 bridgehead atoms. The number of piperazine rings is 1. The minimum atomic E-state index is -0.243. The molecule has 2 aromatic heterocycles. The van der Waals surface area contributed by atoms with Gasteiger partial charge in [-0.05, 0) is 19.1 Å². The molecule has 0 aliphatic carbocycles. The molecule has 122 valence electrons. The Hall–Kier alpha value is -2.29. The van der Waals surface area contributed by atoms with Gasteiger partial charge in [0.25, 0.3) is 5.91 Å². The van der Waals surface area contributed by atoms with Crippen molar-refractivity contribution in [3.63, 3.8) is 0 Å². The normalized spacial score (nSPS) is 16.4. The Balaban J connectivity index is 1.52. The summed E-state index contributed by atoms with van der Waals surface area (Å²) in [6, 6.07) is 3.34. The average Bonchev–Trinajstić information content (AvgIpc) is 3.27. The number of carbonyl (C=O) groups excluding carboxylic acids is 2. The van der Waals surface area contributed by atoms with Crippen molar-refractivity contribution in [2.24, 2.45) is 0 Å². The van der Waals surface area contributed by atoms with Crippen molar-refractivity contribution in [2.75, 3.05) is 26.2 Å². The second-order valence-corrected chi connectivity index (χ2v) is 6.52. The van der Waals surface area contributed by atoms with Crippen molar-refractivity contribution in [1.82, 2.24) is 25.2 Å². The number of aromatic amines is 1. The van der Waals surface area contributed by atoms with Crippen LogP contribution in [0, 0.1) is 0 Å². The van der Waals surface area contributed by atoms with Crippen LogP contribution in [0.15, 0.2) is 34.0 Å². The Morgan fingerprint density at radius 1 is 1.30 bits per heavy atom. The van der Waals surface area contributed by atoms with E-state index in [0.29, 0.717) is 37.0 Å². The Bertz CT molecular complexity index is 650. The van der Waals surface area contributed by atoms with E-state index in [1.807, 2.05) is 6.92 Å². The highest BCUT2D eigenvalue weighted by molar-refractivity contribution is 8.00. The number of amides is 2. The maximum atomic E-state index is 12.5. The van der Waals surface area contributed by atoms with Crippen LogP contribution in [0.1, 0.15) is 17.5 Å². The number of nitrogens with one attached hydrogen (secondary N) is 1. The van der Waals surface area contributed by atoms with E-state index in [-0.39, 0.29) is 17.1 Å². The molecule has 2 aromatic rings. The molecule has 1 aliphatic rings. The van der Waals surface area contributed by atoms with Gasteiger partial charge in [0.05, 0.1) is 17.7 Å². The van der Waals surface area contributed by atoms with Gasteiger partial charge in [0.1, 0.15) is 5.03 Å². The lowest BCUT2D eigenvalue weighted by Gasteiger charge is -2.35. The molecule has 1 saturated heterocycles. The molecule has 3 heterocycles. The lowest BCUT2D eigenvalue weighted by Crippen LogP contribution is -2.52. The Morgan fingerprint density at radius 3 is 2.65 bits per heavy atom. The van der Waals surface area contributed by atoms with Gasteiger partial charge in [-0.15, -0.1) is 5.10 Å². The van der Waals surface area contributed by atoms with Crippen LogP contribution in [0.5, 0.6) is 0 Å². The van der Waals surface area contributed by atoms with Gasteiger partial charge in [-0.3, -0.25) is 9.59 Å². The van der Waals surface area contributed by atoms with Gasteiger partial charge in [-0.2, -0.15) is 10.3 Å². The Kier molecular flexibility index (Phi) is 4.65. The van der Waals surface area contributed by atoms with Crippen LogP contribution in [0.25, 0.3) is 0 Å². The highest BCUT2D eigenvalue weighted by Gasteiger charge is 2.28. The van der Waals surface area contributed by atoms with Crippen LogP contribution >= 0.6 is 11.8 Å². The zero-order valence-electron chi connectivity index (χ0n) is 12.6. The molecular weight excluding hydrogens is 318 g/mol. The van der Waals surface area contributed by atoms with E-state index in [1.165, 1.54) is 18.0 Å². The van der Waals surface area contributed by atoms with E-state index in [1.54, 1.807) is 28.1 Å². The summed E-state index contributed by atoms with van der Waals surface area (Å²) in [5, 5.41) is 10.6. The summed E-state index contributed by atoms with van der Waals surface area (Å²) in [7, 11) is 0. The van der Waals surface area contributed by atoms with Gasteiger partial charge >= 0.3 is 0 Å². The predicted octanol–water partition coefficient (Wildman–Crippen LogP) is 0.863. The minimum Gasteiger partial charge on any atom is -0.459 e. The molecule has 8 nitrogen and oxygen atoms in total. The highest BCUT2D eigenvalue weighted by Crippen LogP contribution is 2.22. The second-order valence-electron chi connectivity index (χ2n) is 5.16. The third-order valence-corrected chi connectivity index (χ3v) is 4.64. The number of hydrogen-bond acceptors (Lipinski definition) is 6. The Morgan fingerprint density at radius 2 is 2.04 bits per heavy atom. The summed E-state index contributed by atoms with van der Waals surface area (Å²) < 4.78 is 5.13.